The number of carbonyl (C=O) groups excluding carboxylic acids is 1. The lowest BCUT2D eigenvalue weighted by Crippen LogP contribution is -2.41. The Morgan fingerprint density at radius 1 is 1.54 bits per heavy atom. The SMILES string of the molecule is CN(C)CCOC(=O)Nc1ccn([C@@H]2O[C@H](CO)[C@@H](O)C2(F)F)c(=O)n1. The summed E-state index contributed by atoms with van der Waals surface area (Å²) in [4.78, 5) is 28.8. The predicted octanol–water partition coefficient (Wildman–Crippen LogP) is -0.761. The number of aliphatic hydroxyl groups is 2. The Hall–Kier alpha value is -2.15. The van der Waals surface area contributed by atoms with Gasteiger partial charge in [-0.05, 0) is 20.2 Å². The lowest BCUT2D eigenvalue weighted by Gasteiger charge is -2.21. The van der Waals surface area contributed by atoms with Gasteiger partial charge in [0.1, 0.15) is 18.5 Å². The van der Waals surface area contributed by atoms with Gasteiger partial charge in [0.05, 0.1) is 6.61 Å². The smallest absolute Gasteiger partial charge is 0.412 e. The second-order valence-electron chi connectivity index (χ2n) is 5.90. The molecule has 0 spiro atoms. The molecule has 2 rings (SSSR count). The summed E-state index contributed by atoms with van der Waals surface area (Å²) in [7, 11) is 3.59. The maximum absolute atomic E-state index is 14.1. The van der Waals surface area contributed by atoms with Gasteiger partial charge in [0.25, 0.3) is 0 Å². The third-order valence-electron chi connectivity index (χ3n) is 3.64. The highest BCUT2D eigenvalue weighted by molar-refractivity contribution is 5.83. The molecule has 26 heavy (non-hydrogen) atoms. The number of amides is 1. The van der Waals surface area contributed by atoms with Crippen LogP contribution in [0.5, 0.6) is 0 Å². The van der Waals surface area contributed by atoms with Crippen molar-refractivity contribution >= 4 is 11.9 Å². The van der Waals surface area contributed by atoms with E-state index in [0.29, 0.717) is 11.1 Å². The molecule has 0 unspecified atom stereocenters. The standard InChI is InChI=1S/C14H20F2N4O6/c1-19(2)5-6-25-13(24)18-9-3-4-20(12(23)17-9)11-14(15,16)10(22)8(7-21)26-11/h3-4,8,10-11,21-22H,5-7H2,1-2H3,(H,17,18,23,24)/t8-,10-,11-/m1/s1. The highest BCUT2D eigenvalue weighted by Crippen LogP contribution is 2.41. The number of rotatable bonds is 6. The van der Waals surface area contributed by atoms with Crippen LogP contribution in [-0.4, -0.2) is 82.7 Å². The Labute approximate surface area is 147 Å². The van der Waals surface area contributed by atoms with E-state index in [4.69, 9.17) is 14.6 Å². The summed E-state index contributed by atoms with van der Waals surface area (Å²) in [6.07, 6.45) is -5.85. The third kappa shape index (κ3) is 4.33. The van der Waals surface area contributed by atoms with Crippen LogP contribution in [0.1, 0.15) is 6.23 Å². The van der Waals surface area contributed by atoms with Gasteiger partial charge in [0, 0.05) is 12.7 Å². The van der Waals surface area contributed by atoms with Crippen molar-refractivity contribution in [3.63, 3.8) is 0 Å². The van der Waals surface area contributed by atoms with E-state index in [0.717, 1.165) is 12.3 Å². The monoisotopic (exact) mass is 378 g/mol. The van der Waals surface area contributed by atoms with Crippen LogP contribution in [0.15, 0.2) is 17.1 Å². The Kier molecular flexibility index (Phi) is 6.23. The van der Waals surface area contributed by atoms with Gasteiger partial charge < -0.3 is 24.6 Å². The molecule has 1 aliphatic rings. The molecule has 0 saturated carbocycles. The van der Waals surface area contributed by atoms with Crippen molar-refractivity contribution < 1.29 is 33.3 Å². The number of anilines is 1. The molecule has 2 heterocycles. The molecule has 0 bridgehead atoms. The van der Waals surface area contributed by atoms with E-state index < -0.39 is 42.7 Å². The van der Waals surface area contributed by atoms with Crippen molar-refractivity contribution in [3.05, 3.63) is 22.7 Å². The molecule has 1 amide bonds. The van der Waals surface area contributed by atoms with Crippen molar-refractivity contribution in [2.75, 3.05) is 39.2 Å². The number of hydrogen-bond donors (Lipinski definition) is 3. The number of nitrogens with zero attached hydrogens (tertiary/aromatic N) is 3. The first-order valence-electron chi connectivity index (χ1n) is 7.66. The van der Waals surface area contributed by atoms with Crippen molar-refractivity contribution in [3.8, 4) is 0 Å². The van der Waals surface area contributed by atoms with Gasteiger partial charge in [-0.3, -0.25) is 9.88 Å². The van der Waals surface area contributed by atoms with E-state index in [-0.39, 0.29) is 12.4 Å². The van der Waals surface area contributed by atoms with Crippen LogP contribution in [0.4, 0.5) is 19.4 Å². The van der Waals surface area contributed by atoms with Gasteiger partial charge in [-0.2, -0.15) is 13.8 Å². The summed E-state index contributed by atoms with van der Waals surface area (Å²) in [6, 6.07) is 1.10. The molecule has 10 nitrogen and oxygen atoms in total. The molecular formula is C14H20F2N4O6. The van der Waals surface area contributed by atoms with Crippen LogP contribution >= 0.6 is 0 Å². The summed E-state index contributed by atoms with van der Waals surface area (Å²) in [6.45, 7) is -0.239. The fourth-order valence-electron chi connectivity index (χ4n) is 2.24. The van der Waals surface area contributed by atoms with Gasteiger partial charge in [-0.15, -0.1) is 0 Å². The third-order valence-corrected chi connectivity index (χ3v) is 3.64. The lowest BCUT2D eigenvalue weighted by molar-refractivity contribution is -0.140. The second-order valence-corrected chi connectivity index (χ2v) is 5.90. The number of hydrogen-bond acceptors (Lipinski definition) is 8. The van der Waals surface area contributed by atoms with E-state index in [1.807, 2.05) is 0 Å². The van der Waals surface area contributed by atoms with Gasteiger partial charge >= 0.3 is 17.7 Å². The number of aliphatic hydroxyl groups excluding tert-OH is 2. The molecule has 0 aliphatic carbocycles. The number of carbonyl (C=O) groups is 1. The van der Waals surface area contributed by atoms with Crippen LogP contribution in [0, 0.1) is 0 Å². The molecule has 3 atom stereocenters. The average molecular weight is 378 g/mol. The molecule has 0 aromatic carbocycles. The number of alkyl halides is 2. The van der Waals surface area contributed by atoms with Crippen LogP contribution in [0.25, 0.3) is 0 Å². The van der Waals surface area contributed by atoms with Crippen molar-refractivity contribution in [2.45, 2.75) is 24.4 Å². The first-order valence-corrected chi connectivity index (χ1v) is 7.66. The van der Waals surface area contributed by atoms with Crippen molar-refractivity contribution in [1.29, 1.82) is 0 Å². The first kappa shape index (κ1) is 20.2. The zero-order chi connectivity index (χ0) is 19.5. The molecule has 12 heteroatoms. The second kappa shape index (κ2) is 8.03. The van der Waals surface area contributed by atoms with Crippen molar-refractivity contribution in [2.24, 2.45) is 0 Å². The van der Waals surface area contributed by atoms with Gasteiger partial charge in [0.15, 0.2) is 6.10 Å². The maximum Gasteiger partial charge on any atom is 0.412 e. The predicted molar refractivity (Wildman–Crippen MR) is 84.0 cm³/mol. The van der Waals surface area contributed by atoms with E-state index in [9.17, 15) is 23.5 Å². The minimum Gasteiger partial charge on any atom is -0.448 e. The van der Waals surface area contributed by atoms with Crippen LogP contribution in [-0.2, 0) is 9.47 Å². The van der Waals surface area contributed by atoms with Crippen molar-refractivity contribution in [1.82, 2.24) is 14.5 Å². The topological polar surface area (TPSA) is 126 Å². The molecule has 1 aliphatic heterocycles. The normalized spacial score (nSPS) is 24.7. The summed E-state index contributed by atoms with van der Waals surface area (Å²) in [5.41, 5.74) is -1.13. The molecule has 1 saturated heterocycles. The Balaban J connectivity index is 2.08. The minimum atomic E-state index is -3.81. The van der Waals surface area contributed by atoms with Crippen LogP contribution in [0.3, 0.4) is 0 Å². The molecular weight excluding hydrogens is 358 g/mol. The Bertz CT molecular complexity index is 698. The Morgan fingerprint density at radius 2 is 2.23 bits per heavy atom. The van der Waals surface area contributed by atoms with E-state index >= 15 is 0 Å². The minimum absolute atomic E-state index is 0.110. The van der Waals surface area contributed by atoms with Gasteiger partial charge in [-0.25, -0.2) is 9.59 Å². The average Bonchev–Trinajstić information content (AvgIpc) is 2.77. The maximum atomic E-state index is 14.1. The van der Waals surface area contributed by atoms with E-state index in [1.165, 1.54) is 0 Å². The molecule has 0 radical (unpaired) electrons. The number of nitrogens with one attached hydrogen (secondary N) is 1. The zero-order valence-electron chi connectivity index (χ0n) is 14.1. The summed E-state index contributed by atoms with van der Waals surface area (Å²) in [5, 5.41) is 20.7. The fraction of sp³-hybridized carbons (Fsp3) is 0.643. The molecule has 3 N–H and O–H groups in total. The number of aromatic nitrogens is 2. The largest absolute Gasteiger partial charge is 0.448 e. The van der Waals surface area contributed by atoms with Gasteiger partial charge in [-0.1, -0.05) is 0 Å². The number of likely N-dealkylation sites (N-methyl/N-ethyl adjacent to an activating group) is 1. The highest BCUT2D eigenvalue weighted by Gasteiger charge is 2.59. The summed E-state index contributed by atoms with van der Waals surface area (Å²) < 4.78 is 38.3. The zero-order valence-corrected chi connectivity index (χ0v) is 14.1. The molecule has 1 aromatic rings. The van der Waals surface area contributed by atoms with E-state index in [1.54, 1.807) is 19.0 Å². The summed E-state index contributed by atoms with van der Waals surface area (Å²) >= 11 is 0. The quantitative estimate of drug-likeness (QED) is 0.590. The fourth-order valence-corrected chi connectivity index (χ4v) is 2.24. The van der Waals surface area contributed by atoms with Crippen LogP contribution in [0.2, 0.25) is 0 Å². The number of halogens is 2. The number of ether oxygens (including phenoxy) is 2. The Morgan fingerprint density at radius 3 is 2.77 bits per heavy atom. The van der Waals surface area contributed by atoms with E-state index in [2.05, 4.69) is 10.3 Å². The highest BCUT2D eigenvalue weighted by atomic mass is 19.3. The van der Waals surface area contributed by atoms with Gasteiger partial charge in [0.2, 0.25) is 6.23 Å². The molecule has 1 aromatic heterocycles. The lowest BCUT2D eigenvalue weighted by atomic mass is 10.1. The molecule has 146 valence electrons. The first-order chi connectivity index (χ1) is 12.2. The van der Waals surface area contributed by atoms with Crippen LogP contribution < -0.4 is 11.0 Å². The molecule has 1 fully saturated rings. The summed E-state index contributed by atoms with van der Waals surface area (Å²) in [5.74, 6) is -4.00.